The van der Waals surface area contributed by atoms with E-state index in [-0.39, 0.29) is 12.4 Å². The molecule has 1 aliphatic rings. The fourth-order valence-corrected chi connectivity index (χ4v) is 2.35. The standard InChI is InChI=1S/C14H18F3NO3/c1-2-11-5-6-12(21-11)13(19)18(9-14(15,16)17)10-4-3-7-20-8-10/h5-6,10H,2-4,7-9H2,1H3/t10-/m1/s1. The monoisotopic (exact) mass is 305 g/mol. The van der Waals surface area contributed by atoms with Gasteiger partial charge in [-0.3, -0.25) is 4.79 Å². The number of alkyl halides is 3. The van der Waals surface area contributed by atoms with Crippen LogP contribution in [0.25, 0.3) is 0 Å². The lowest BCUT2D eigenvalue weighted by Gasteiger charge is -2.34. The predicted molar refractivity (Wildman–Crippen MR) is 69.0 cm³/mol. The minimum atomic E-state index is -4.45. The van der Waals surface area contributed by atoms with Crippen molar-refractivity contribution in [2.75, 3.05) is 19.8 Å². The van der Waals surface area contributed by atoms with E-state index in [4.69, 9.17) is 9.15 Å². The summed E-state index contributed by atoms with van der Waals surface area (Å²) < 4.78 is 48.7. The second-order valence-corrected chi connectivity index (χ2v) is 5.04. The number of hydrogen-bond acceptors (Lipinski definition) is 3. The second kappa shape index (κ2) is 6.51. The fourth-order valence-electron chi connectivity index (χ4n) is 2.35. The molecule has 0 bridgehead atoms. The number of halogens is 3. The summed E-state index contributed by atoms with van der Waals surface area (Å²) in [5.74, 6) is -0.214. The minimum Gasteiger partial charge on any atom is -0.456 e. The highest BCUT2D eigenvalue weighted by atomic mass is 19.4. The smallest absolute Gasteiger partial charge is 0.406 e. The van der Waals surface area contributed by atoms with Crippen LogP contribution in [0.4, 0.5) is 13.2 Å². The molecule has 1 saturated heterocycles. The summed E-state index contributed by atoms with van der Waals surface area (Å²) in [6.45, 7) is 1.20. The molecule has 0 aliphatic carbocycles. The number of nitrogens with zero attached hydrogens (tertiary/aromatic N) is 1. The molecular weight excluding hydrogens is 287 g/mol. The molecule has 0 radical (unpaired) electrons. The maximum Gasteiger partial charge on any atom is 0.406 e. The van der Waals surface area contributed by atoms with E-state index in [1.54, 1.807) is 6.07 Å². The molecule has 1 amide bonds. The zero-order chi connectivity index (χ0) is 15.5. The number of carbonyl (C=O) groups is 1. The first kappa shape index (κ1) is 15.9. The normalized spacial score (nSPS) is 19.5. The van der Waals surface area contributed by atoms with Gasteiger partial charge < -0.3 is 14.1 Å². The molecule has 1 fully saturated rings. The second-order valence-electron chi connectivity index (χ2n) is 5.04. The van der Waals surface area contributed by atoms with E-state index in [2.05, 4.69) is 0 Å². The van der Waals surface area contributed by atoms with Gasteiger partial charge in [0, 0.05) is 13.0 Å². The highest BCUT2D eigenvalue weighted by molar-refractivity contribution is 5.91. The quantitative estimate of drug-likeness (QED) is 0.858. The van der Waals surface area contributed by atoms with Gasteiger partial charge in [0.25, 0.3) is 5.91 Å². The van der Waals surface area contributed by atoms with Crippen LogP contribution in [0.3, 0.4) is 0 Å². The van der Waals surface area contributed by atoms with E-state index >= 15 is 0 Å². The number of carbonyl (C=O) groups excluding carboxylic acids is 1. The molecular formula is C14H18F3NO3. The van der Waals surface area contributed by atoms with Gasteiger partial charge in [-0.25, -0.2) is 0 Å². The molecule has 21 heavy (non-hydrogen) atoms. The Morgan fingerprint density at radius 1 is 1.43 bits per heavy atom. The van der Waals surface area contributed by atoms with E-state index in [9.17, 15) is 18.0 Å². The van der Waals surface area contributed by atoms with Gasteiger partial charge in [-0.2, -0.15) is 13.2 Å². The Morgan fingerprint density at radius 3 is 2.71 bits per heavy atom. The molecule has 0 saturated carbocycles. The van der Waals surface area contributed by atoms with Gasteiger partial charge in [0.05, 0.1) is 12.6 Å². The number of amides is 1. The van der Waals surface area contributed by atoms with Crippen molar-refractivity contribution < 1.29 is 27.1 Å². The summed E-state index contributed by atoms with van der Waals surface area (Å²) in [6.07, 6.45) is -2.72. The Balaban J connectivity index is 2.18. The molecule has 1 aromatic rings. The molecule has 1 aliphatic heterocycles. The van der Waals surface area contributed by atoms with Crippen molar-refractivity contribution >= 4 is 5.91 Å². The van der Waals surface area contributed by atoms with Crippen molar-refractivity contribution in [3.63, 3.8) is 0 Å². The SMILES string of the molecule is CCc1ccc(C(=O)N(CC(F)(F)F)[C@@H]2CCCOC2)o1. The molecule has 0 spiro atoms. The van der Waals surface area contributed by atoms with Gasteiger partial charge in [-0.05, 0) is 25.0 Å². The van der Waals surface area contributed by atoms with Crippen LogP contribution in [-0.4, -0.2) is 42.8 Å². The zero-order valence-corrected chi connectivity index (χ0v) is 11.8. The summed E-state index contributed by atoms with van der Waals surface area (Å²) >= 11 is 0. The van der Waals surface area contributed by atoms with Crippen molar-refractivity contribution in [3.8, 4) is 0 Å². The van der Waals surface area contributed by atoms with Crippen molar-refractivity contribution in [2.45, 2.75) is 38.4 Å². The lowest BCUT2D eigenvalue weighted by molar-refractivity contribution is -0.149. The van der Waals surface area contributed by atoms with Crippen LogP contribution in [0.5, 0.6) is 0 Å². The average Bonchev–Trinajstić information content (AvgIpc) is 2.93. The first-order valence-electron chi connectivity index (χ1n) is 6.95. The summed E-state index contributed by atoms with van der Waals surface area (Å²) in [7, 11) is 0. The Labute approximate surface area is 120 Å². The molecule has 2 heterocycles. The lowest BCUT2D eigenvalue weighted by Crippen LogP contribution is -2.49. The molecule has 1 aromatic heterocycles. The number of furan rings is 1. The Kier molecular flexibility index (Phi) is 4.92. The third-order valence-electron chi connectivity index (χ3n) is 3.41. The van der Waals surface area contributed by atoms with Crippen LogP contribution < -0.4 is 0 Å². The first-order chi connectivity index (χ1) is 9.90. The van der Waals surface area contributed by atoms with E-state index in [1.807, 2.05) is 6.92 Å². The third-order valence-corrected chi connectivity index (χ3v) is 3.41. The van der Waals surface area contributed by atoms with Crippen molar-refractivity contribution in [1.29, 1.82) is 0 Å². The number of hydrogen-bond donors (Lipinski definition) is 0. The van der Waals surface area contributed by atoms with Crippen molar-refractivity contribution in [2.24, 2.45) is 0 Å². The zero-order valence-electron chi connectivity index (χ0n) is 11.8. The lowest BCUT2D eigenvalue weighted by atomic mass is 10.1. The Hall–Kier alpha value is -1.50. The highest BCUT2D eigenvalue weighted by Crippen LogP contribution is 2.24. The van der Waals surface area contributed by atoms with Gasteiger partial charge in [0.2, 0.25) is 0 Å². The molecule has 118 valence electrons. The topological polar surface area (TPSA) is 42.7 Å². The van der Waals surface area contributed by atoms with E-state index in [0.29, 0.717) is 31.6 Å². The van der Waals surface area contributed by atoms with Crippen molar-refractivity contribution in [3.05, 3.63) is 23.7 Å². The predicted octanol–water partition coefficient (Wildman–Crippen LogP) is 3.03. The fraction of sp³-hybridized carbons (Fsp3) is 0.643. The van der Waals surface area contributed by atoms with Gasteiger partial charge in [0.15, 0.2) is 5.76 Å². The van der Waals surface area contributed by atoms with Crippen LogP contribution in [0.2, 0.25) is 0 Å². The molecule has 1 atom stereocenters. The van der Waals surface area contributed by atoms with Gasteiger partial charge in [-0.15, -0.1) is 0 Å². The largest absolute Gasteiger partial charge is 0.456 e. The summed E-state index contributed by atoms with van der Waals surface area (Å²) in [4.78, 5) is 13.1. The molecule has 2 rings (SSSR count). The van der Waals surface area contributed by atoms with Crippen LogP contribution in [-0.2, 0) is 11.2 Å². The van der Waals surface area contributed by atoms with Crippen LogP contribution >= 0.6 is 0 Å². The summed E-state index contributed by atoms with van der Waals surface area (Å²) in [5.41, 5.74) is 0. The van der Waals surface area contributed by atoms with Crippen LogP contribution in [0.1, 0.15) is 36.1 Å². The highest BCUT2D eigenvalue weighted by Gasteiger charge is 2.38. The Bertz CT molecular complexity index is 478. The number of rotatable bonds is 4. The maximum absolute atomic E-state index is 12.7. The van der Waals surface area contributed by atoms with E-state index in [1.165, 1.54) is 6.07 Å². The van der Waals surface area contributed by atoms with Crippen molar-refractivity contribution in [1.82, 2.24) is 4.90 Å². The summed E-state index contributed by atoms with van der Waals surface area (Å²) in [5, 5.41) is 0. The van der Waals surface area contributed by atoms with Gasteiger partial charge >= 0.3 is 6.18 Å². The van der Waals surface area contributed by atoms with Crippen LogP contribution in [0, 0.1) is 0 Å². The summed E-state index contributed by atoms with van der Waals surface area (Å²) in [6, 6.07) is 2.47. The van der Waals surface area contributed by atoms with Crippen LogP contribution in [0.15, 0.2) is 16.5 Å². The van der Waals surface area contributed by atoms with E-state index < -0.39 is 24.7 Å². The molecule has 0 N–H and O–H groups in total. The Morgan fingerprint density at radius 2 is 2.19 bits per heavy atom. The molecule has 4 nitrogen and oxygen atoms in total. The number of ether oxygens (including phenoxy) is 1. The minimum absolute atomic E-state index is 0.0540. The average molecular weight is 305 g/mol. The molecule has 0 aromatic carbocycles. The third kappa shape index (κ3) is 4.23. The molecule has 0 unspecified atom stereocenters. The molecule has 7 heteroatoms. The van der Waals surface area contributed by atoms with E-state index in [0.717, 1.165) is 4.90 Å². The first-order valence-corrected chi connectivity index (χ1v) is 6.95. The van der Waals surface area contributed by atoms with Gasteiger partial charge in [0.1, 0.15) is 12.3 Å². The van der Waals surface area contributed by atoms with Gasteiger partial charge in [-0.1, -0.05) is 6.92 Å². The maximum atomic E-state index is 12.7. The number of aryl methyl sites for hydroxylation is 1.